The first kappa shape index (κ1) is 14.4. The maximum absolute atomic E-state index is 13.7. The number of halogens is 1. The molecule has 2 rings (SSSR count). The number of amides is 1. The van der Waals surface area contributed by atoms with Gasteiger partial charge in [0.15, 0.2) is 5.84 Å². The van der Waals surface area contributed by atoms with Crippen molar-refractivity contribution in [1.29, 1.82) is 0 Å². The van der Waals surface area contributed by atoms with Gasteiger partial charge >= 0.3 is 0 Å². The summed E-state index contributed by atoms with van der Waals surface area (Å²) < 4.78 is 13.7. The van der Waals surface area contributed by atoms with E-state index in [1.54, 1.807) is 12.1 Å². The van der Waals surface area contributed by atoms with Crippen molar-refractivity contribution in [2.75, 3.05) is 11.9 Å². The van der Waals surface area contributed by atoms with Crippen LogP contribution >= 0.6 is 0 Å². The highest BCUT2D eigenvalue weighted by Gasteiger charge is 2.17. The Balaban J connectivity index is 2.26. The standard InChI is InChI=1S/C14H13FN4O2/c1-19(12-5-3-2-4-10(12)15)14(20)11-7-6-9(8-17-11)13(16)18-21/h2-8,21H,1H3,(H2,16,18). The molecule has 0 spiro atoms. The van der Waals surface area contributed by atoms with Gasteiger partial charge in [0, 0.05) is 18.8 Å². The lowest BCUT2D eigenvalue weighted by Gasteiger charge is -2.17. The third-order valence-corrected chi connectivity index (χ3v) is 2.90. The Hall–Kier alpha value is -2.96. The topological polar surface area (TPSA) is 91.8 Å². The Morgan fingerprint density at radius 2 is 2.05 bits per heavy atom. The highest BCUT2D eigenvalue weighted by atomic mass is 19.1. The maximum Gasteiger partial charge on any atom is 0.276 e. The van der Waals surface area contributed by atoms with Gasteiger partial charge < -0.3 is 15.8 Å². The number of hydrogen-bond donors (Lipinski definition) is 2. The van der Waals surface area contributed by atoms with Crippen LogP contribution in [0, 0.1) is 5.82 Å². The summed E-state index contributed by atoms with van der Waals surface area (Å²) in [7, 11) is 1.46. The lowest BCUT2D eigenvalue weighted by molar-refractivity contribution is 0.0987. The van der Waals surface area contributed by atoms with Gasteiger partial charge in [-0.2, -0.15) is 0 Å². The van der Waals surface area contributed by atoms with E-state index in [2.05, 4.69) is 10.1 Å². The molecule has 0 aliphatic rings. The van der Waals surface area contributed by atoms with Crippen LogP contribution in [0.5, 0.6) is 0 Å². The summed E-state index contributed by atoms with van der Waals surface area (Å²) in [5.74, 6) is -1.07. The fourth-order valence-electron chi connectivity index (χ4n) is 1.73. The number of anilines is 1. The van der Waals surface area contributed by atoms with Crippen LogP contribution in [0.4, 0.5) is 10.1 Å². The first-order chi connectivity index (χ1) is 10.0. The smallest absolute Gasteiger partial charge is 0.276 e. The van der Waals surface area contributed by atoms with Crippen molar-refractivity contribution in [2.45, 2.75) is 0 Å². The van der Waals surface area contributed by atoms with Gasteiger partial charge in [-0.1, -0.05) is 17.3 Å². The van der Waals surface area contributed by atoms with Crippen LogP contribution in [0.2, 0.25) is 0 Å². The molecule has 0 radical (unpaired) electrons. The third kappa shape index (κ3) is 2.97. The molecule has 0 aliphatic heterocycles. The third-order valence-electron chi connectivity index (χ3n) is 2.90. The van der Waals surface area contributed by atoms with Crippen molar-refractivity contribution in [3.05, 3.63) is 59.7 Å². The quantitative estimate of drug-likeness (QED) is 0.388. The van der Waals surface area contributed by atoms with E-state index in [4.69, 9.17) is 10.9 Å². The molecular weight excluding hydrogens is 275 g/mol. The SMILES string of the molecule is CN(C(=O)c1ccc(C(N)=NO)cn1)c1ccccc1F. The van der Waals surface area contributed by atoms with E-state index in [9.17, 15) is 9.18 Å². The van der Waals surface area contributed by atoms with Crippen LogP contribution in [0.1, 0.15) is 16.1 Å². The second kappa shape index (κ2) is 6.00. The molecule has 0 saturated heterocycles. The van der Waals surface area contributed by atoms with Crippen molar-refractivity contribution >= 4 is 17.4 Å². The number of nitrogens with zero attached hydrogens (tertiary/aromatic N) is 3. The fraction of sp³-hybridized carbons (Fsp3) is 0.0714. The number of carbonyl (C=O) groups is 1. The molecule has 7 heteroatoms. The number of nitrogens with two attached hydrogens (primary N) is 1. The van der Waals surface area contributed by atoms with Crippen LogP contribution in [-0.2, 0) is 0 Å². The number of para-hydroxylation sites is 1. The van der Waals surface area contributed by atoms with Crippen molar-refractivity contribution in [2.24, 2.45) is 10.9 Å². The van der Waals surface area contributed by atoms with E-state index in [-0.39, 0.29) is 17.2 Å². The summed E-state index contributed by atoms with van der Waals surface area (Å²) in [5, 5.41) is 11.4. The zero-order chi connectivity index (χ0) is 15.4. The highest BCUT2D eigenvalue weighted by molar-refractivity contribution is 6.05. The predicted molar refractivity (Wildman–Crippen MR) is 75.9 cm³/mol. The molecule has 0 unspecified atom stereocenters. The van der Waals surface area contributed by atoms with Gasteiger partial charge in [0.05, 0.1) is 5.69 Å². The molecule has 1 aromatic heterocycles. The molecular formula is C14H13FN4O2. The van der Waals surface area contributed by atoms with Gasteiger partial charge in [-0.3, -0.25) is 9.78 Å². The van der Waals surface area contributed by atoms with Gasteiger partial charge in [-0.05, 0) is 24.3 Å². The number of hydrogen-bond acceptors (Lipinski definition) is 4. The molecule has 0 fully saturated rings. The molecule has 0 aliphatic carbocycles. The second-order valence-electron chi connectivity index (χ2n) is 4.23. The summed E-state index contributed by atoms with van der Waals surface area (Å²) in [6, 6.07) is 8.86. The zero-order valence-corrected chi connectivity index (χ0v) is 11.2. The normalized spacial score (nSPS) is 11.2. The van der Waals surface area contributed by atoms with Gasteiger partial charge in [-0.25, -0.2) is 4.39 Å². The van der Waals surface area contributed by atoms with Crippen LogP contribution in [0.3, 0.4) is 0 Å². The molecule has 1 aromatic carbocycles. The number of carbonyl (C=O) groups excluding carboxylic acids is 1. The number of benzene rings is 1. The van der Waals surface area contributed by atoms with Gasteiger partial charge in [-0.15, -0.1) is 0 Å². The largest absolute Gasteiger partial charge is 0.409 e. The van der Waals surface area contributed by atoms with Crippen LogP contribution in [-0.4, -0.2) is 29.0 Å². The summed E-state index contributed by atoms with van der Waals surface area (Å²) in [5.41, 5.74) is 6.06. The molecule has 1 amide bonds. The van der Waals surface area contributed by atoms with Crippen molar-refractivity contribution < 1.29 is 14.4 Å². The second-order valence-corrected chi connectivity index (χ2v) is 4.23. The van der Waals surface area contributed by atoms with Crippen molar-refractivity contribution in [3.8, 4) is 0 Å². The molecule has 0 saturated carbocycles. The summed E-state index contributed by atoms with van der Waals surface area (Å²) >= 11 is 0. The molecule has 108 valence electrons. The summed E-state index contributed by atoms with van der Waals surface area (Å²) in [4.78, 5) is 17.3. The Morgan fingerprint density at radius 1 is 1.33 bits per heavy atom. The summed E-state index contributed by atoms with van der Waals surface area (Å²) in [6.45, 7) is 0. The number of rotatable bonds is 3. The van der Waals surface area contributed by atoms with Gasteiger partial charge in [0.1, 0.15) is 11.5 Å². The average Bonchev–Trinajstić information content (AvgIpc) is 2.53. The fourth-order valence-corrected chi connectivity index (χ4v) is 1.73. The minimum Gasteiger partial charge on any atom is -0.409 e. The Kier molecular flexibility index (Phi) is 4.13. The lowest BCUT2D eigenvalue weighted by atomic mass is 10.2. The van der Waals surface area contributed by atoms with E-state index >= 15 is 0 Å². The van der Waals surface area contributed by atoms with E-state index in [0.717, 1.165) is 0 Å². The first-order valence-electron chi connectivity index (χ1n) is 6.01. The summed E-state index contributed by atoms with van der Waals surface area (Å²) in [6.07, 6.45) is 1.30. The van der Waals surface area contributed by atoms with E-state index in [1.165, 1.54) is 42.4 Å². The van der Waals surface area contributed by atoms with Crippen molar-refractivity contribution in [3.63, 3.8) is 0 Å². The van der Waals surface area contributed by atoms with Gasteiger partial charge in [0.25, 0.3) is 5.91 Å². The van der Waals surface area contributed by atoms with Gasteiger partial charge in [0.2, 0.25) is 0 Å². The number of pyridine rings is 1. The molecule has 6 nitrogen and oxygen atoms in total. The number of aromatic nitrogens is 1. The van der Waals surface area contributed by atoms with E-state index in [0.29, 0.717) is 5.56 Å². The zero-order valence-electron chi connectivity index (χ0n) is 11.2. The first-order valence-corrected chi connectivity index (χ1v) is 6.01. The molecule has 3 N–H and O–H groups in total. The predicted octanol–water partition coefficient (Wildman–Crippen LogP) is 1.59. The van der Waals surface area contributed by atoms with Crippen LogP contribution < -0.4 is 10.6 Å². The van der Waals surface area contributed by atoms with E-state index in [1.807, 2.05) is 0 Å². The minimum atomic E-state index is -0.498. The lowest BCUT2D eigenvalue weighted by Crippen LogP contribution is -2.28. The Morgan fingerprint density at radius 3 is 2.62 bits per heavy atom. The molecule has 0 bridgehead atoms. The molecule has 2 aromatic rings. The monoisotopic (exact) mass is 288 g/mol. The number of oxime groups is 1. The highest BCUT2D eigenvalue weighted by Crippen LogP contribution is 2.18. The van der Waals surface area contributed by atoms with Crippen LogP contribution in [0.25, 0.3) is 0 Å². The number of amidine groups is 1. The molecule has 21 heavy (non-hydrogen) atoms. The minimum absolute atomic E-state index is 0.107. The van der Waals surface area contributed by atoms with Crippen molar-refractivity contribution in [1.82, 2.24) is 4.98 Å². The maximum atomic E-state index is 13.7. The average molecular weight is 288 g/mol. The van der Waals surface area contributed by atoms with Crippen LogP contribution in [0.15, 0.2) is 47.8 Å². The van der Waals surface area contributed by atoms with E-state index < -0.39 is 11.7 Å². The Labute approximate surface area is 120 Å². The molecule has 0 atom stereocenters. The molecule has 1 heterocycles. The Bertz CT molecular complexity index is 686.